The largest absolute Gasteiger partial charge is 0.336 e. The van der Waals surface area contributed by atoms with Crippen molar-refractivity contribution in [1.29, 1.82) is 5.26 Å². The number of nitriles is 1. The van der Waals surface area contributed by atoms with Crippen LogP contribution >= 0.6 is 0 Å². The van der Waals surface area contributed by atoms with Crippen molar-refractivity contribution in [2.75, 3.05) is 6.54 Å². The van der Waals surface area contributed by atoms with Crippen molar-refractivity contribution in [3.8, 4) is 6.07 Å². The molecule has 0 aromatic heterocycles. The van der Waals surface area contributed by atoms with E-state index in [0.717, 1.165) is 24.9 Å². The molecule has 0 radical (unpaired) electrons. The quantitative estimate of drug-likeness (QED) is 0.800. The van der Waals surface area contributed by atoms with Crippen LogP contribution in [0.25, 0.3) is 0 Å². The fourth-order valence-electron chi connectivity index (χ4n) is 2.52. The number of piperidine rings is 1. The maximum atomic E-state index is 12.5. The number of carbonyl (C=O) groups excluding carboxylic acids is 1. The van der Waals surface area contributed by atoms with Gasteiger partial charge in [-0.3, -0.25) is 4.79 Å². The molecule has 1 fully saturated rings. The second-order valence-electron chi connectivity index (χ2n) is 4.84. The monoisotopic (exact) mass is 242 g/mol. The molecular formula is C15H18N2O. The molecule has 0 bridgehead atoms. The van der Waals surface area contributed by atoms with Gasteiger partial charge in [-0.2, -0.15) is 5.26 Å². The van der Waals surface area contributed by atoms with Gasteiger partial charge in [0.25, 0.3) is 5.91 Å². The van der Waals surface area contributed by atoms with Gasteiger partial charge in [-0.1, -0.05) is 18.2 Å². The van der Waals surface area contributed by atoms with Gasteiger partial charge in [-0.05, 0) is 37.8 Å². The standard InChI is InChI=1S/C15H18N2O/c1-12-6-4-5-11-17(12)15(18)14-8-3-2-7-13(14)9-10-16/h2-3,7-8,12H,4-6,9,11H2,1H3. The normalized spacial score (nSPS) is 19.3. The van der Waals surface area contributed by atoms with E-state index < -0.39 is 0 Å². The van der Waals surface area contributed by atoms with E-state index >= 15 is 0 Å². The van der Waals surface area contributed by atoms with Gasteiger partial charge >= 0.3 is 0 Å². The van der Waals surface area contributed by atoms with Crippen LogP contribution in [0.5, 0.6) is 0 Å². The average Bonchev–Trinajstić information content (AvgIpc) is 2.40. The highest BCUT2D eigenvalue weighted by Gasteiger charge is 2.25. The zero-order valence-electron chi connectivity index (χ0n) is 10.7. The molecule has 94 valence electrons. The van der Waals surface area contributed by atoms with Crippen molar-refractivity contribution in [3.63, 3.8) is 0 Å². The first-order chi connectivity index (χ1) is 8.74. The molecule has 1 aliphatic rings. The highest BCUT2D eigenvalue weighted by Crippen LogP contribution is 2.21. The van der Waals surface area contributed by atoms with Gasteiger partial charge in [0.15, 0.2) is 0 Å². The molecular weight excluding hydrogens is 224 g/mol. The summed E-state index contributed by atoms with van der Waals surface area (Å²) in [6, 6.07) is 9.87. The Kier molecular flexibility index (Phi) is 3.99. The number of carbonyl (C=O) groups is 1. The second-order valence-corrected chi connectivity index (χ2v) is 4.84. The SMILES string of the molecule is CC1CCCCN1C(=O)c1ccccc1CC#N. The Labute approximate surface area is 108 Å². The second kappa shape index (κ2) is 5.68. The Hall–Kier alpha value is -1.82. The van der Waals surface area contributed by atoms with Crippen LogP contribution in [0.1, 0.15) is 42.1 Å². The molecule has 0 saturated carbocycles. The van der Waals surface area contributed by atoms with Crippen molar-refractivity contribution in [3.05, 3.63) is 35.4 Å². The first-order valence-electron chi connectivity index (χ1n) is 6.50. The lowest BCUT2D eigenvalue weighted by molar-refractivity contribution is 0.0634. The zero-order valence-corrected chi connectivity index (χ0v) is 10.7. The van der Waals surface area contributed by atoms with Gasteiger partial charge in [0.05, 0.1) is 12.5 Å². The van der Waals surface area contributed by atoms with Gasteiger partial charge < -0.3 is 4.90 Å². The maximum absolute atomic E-state index is 12.5. The zero-order chi connectivity index (χ0) is 13.0. The summed E-state index contributed by atoms with van der Waals surface area (Å²) in [5.74, 6) is 0.0769. The van der Waals surface area contributed by atoms with E-state index in [4.69, 9.17) is 5.26 Å². The minimum Gasteiger partial charge on any atom is -0.336 e. The molecule has 1 unspecified atom stereocenters. The van der Waals surface area contributed by atoms with E-state index in [2.05, 4.69) is 13.0 Å². The van der Waals surface area contributed by atoms with E-state index in [9.17, 15) is 4.79 Å². The van der Waals surface area contributed by atoms with Crippen molar-refractivity contribution in [2.24, 2.45) is 0 Å². The lowest BCUT2D eigenvalue weighted by atomic mass is 9.99. The molecule has 3 nitrogen and oxygen atoms in total. The summed E-state index contributed by atoms with van der Waals surface area (Å²) in [7, 11) is 0. The number of rotatable bonds is 2. The third kappa shape index (κ3) is 2.53. The Balaban J connectivity index is 2.25. The van der Waals surface area contributed by atoms with Crippen LogP contribution in [0, 0.1) is 11.3 Å². The molecule has 1 amide bonds. The van der Waals surface area contributed by atoms with E-state index in [-0.39, 0.29) is 5.91 Å². The van der Waals surface area contributed by atoms with Crippen molar-refractivity contribution in [2.45, 2.75) is 38.6 Å². The van der Waals surface area contributed by atoms with Gasteiger partial charge in [-0.25, -0.2) is 0 Å². The summed E-state index contributed by atoms with van der Waals surface area (Å²) < 4.78 is 0. The van der Waals surface area contributed by atoms with Crippen LogP contribution < -0.4 is 0 Å². The van der Waals surface area contributed by atoms with E-state index in [1.54, 1.807) is 0 Å². The van der Waals surface area contributed by atoms with Gasteiger partial charge in [-0.15, -0.1) is 0 Å². The average molecular weight is 242 g/mol. The number of amides is 1. The summed E-state index contributed by atoms with van der Waals surface area (Å²) in [5, 5.41) is 8.81. The van der Waals surface area contributed by atoms with Crippen molar-refractivity contribution >= 4 is 5.91 Å². The molecule has 3 heteroatoms. The number of likely N-dealkylation sites (tertiary alicyclic amines) is 1. The molecule has 1 heterocycles. The Morgan fingerprint density at radius 1 is 1.44 bits per heavy atom. The molecule has 0 N–H and O–H groups in total. The summed E-state index contributed by atoms with van der Waals surface area (Å²) in [5.41, 5.74) is 1.52. The molecule has 0 aliphatic carbocycles. The van der Waals surface area contributed by atoms with Crippen LogP contribution in [-0.2, 0) is 6.42 Å². The minimum atomic E-state index is 0.0769. The third-order valence-electron chi connectivity index (χ3n) is 3.58. The highest BCUT2D eigenvalue weighted by atomic mass is 16.2. The Bertz CT molecular complexity index is 476. The van der Waals surface area contributed by atoms with E-state index in [1.165, 1.54) is 6.42 Å². The summed E-state index contributed by atoms with van der Waals surface area (Å²) >= 11 is 0. The Morgan fingerprint density at radius 2 is 2.22 bits per heavy atom. The number of nitrogens with zero attached hydrogens (tertiary/aromatic N) is 2. The van der Waals surface area contributed by atoms with Crippen molar-refractivity contribution < 1.29 is 4.79 Å². The summed E-state index contributed by atoms with van der Waals surface area (Å²) in [4.78, 5) is 14.5. The van der Waals surface area contributed by atoms with E-state index in [1.807, 2.05) is 29.2 Å². The third-order valence-corrected chi connectivity index (χ3v) is 3.58. The molecule has 1 aliphatic heterocycles. The molecule has 2 rings (SSSR count). The fourth-order valence-corrected chi connectivity index (χ4v) is 2.52. The molecule has 0 spiro atoms. The number of hydrogen-bond acceptors (Lipinski definition) is 2. The van der Waals surface area contributed by atoms with Crippen LogP contribution in [0.3, 0.4) is 0 Å². The van der Waals surface area contributed by atoms with Crippen LogP contribution in [0.4, 0.5) is 0 Å². The van der Waals surface area contributed by atoms with Gasteiger partial charge in [0, 0.05) is 18.2 Å². The lowest BCUT2D eigenvalue weighted by Gasteiger charge is -2.33. The summed E-state index contributed by atoms with van der Waals surface area (Å²) in [6.07, 6.45) is 3.65. The molecule has 1 atom stereocenters. The molecule has 18 heavy (non-hydrogen) atoms. The smallest absolute Gasteiger partial charge is 0.254 e. The van der Waals surface area contributed by atoms with Crippen LogP contribution in [-0.4, -0.2) is 23.4 Å². The maximum Gasteiger partial charge on any atom is 0.254 e. The highest BCUT2D eigenvalue weighted by molar-refractivity contribution is 5.96. The van der Waals surface area contributed by atoms with Gasteiger partial charge in [0.1, 0.15) is 0 Å². The van der Waals surface area contributed by atoms with Gasteiger partial charge in [0.2, 0.25) is 0 Å². The number of benzene rings is 1. The predicted octanol–water partition coefficient (Wildman–Crippen LogP) is 2.77. The molecule has 1 aromatic rings. The first kappa shape index (κ1) is 12.6. The fraction of sp³-hybridized carbons (Fsp3) is 0.467. The molecule has 1 saturated heterocycles. The van der Waals surface area contributed by atoms with E-state index in [0.29, 0.717) is 18.0 Å². The predicted molar refractivity (Wildman–Crippen MR) is 70.1 cm³/mol. The van der Waals surface area contributed by atoms with Crippen LogP contribution in [0.15, 0.2) is 24.3 Å². The van der Waals surface area contributed by atoms with Crippen molar-refractivity contribution in [1.82, 2.24) is 4.90 Å². The Morgan fingerprint density at radius 3 is 2.94 bits per heavy atom. The number of hydrogen-bond donors (Lipinski definition) is 0. The molecule has 1 aromatic carbocycles. The first-order valence-corrected chi connectivity index (χ1v) is 6.50. The van der Waals surface area contributed by atoms with Crippen LogP contribution in [0.2, 0.25) is 0 Å². The topological polar surface area (TPSA) is 44.1 Å². The summed E-state index contributed by atoms with van der Waals surface area (Å²) in [6.45, 7) is 2.94. The minimum absolute atomic E-state index is 0.0769. The lowest BCUT2D eigenvalue weighted by Crippen LogP contribution is -2.42.